The van der Waals surface area contributed by atoms with E-state index in [0.29, 0.717) is 6.42 Å². The maximum Gasteiger partial charge on any atom is 0.238 e. The Bertz CT molecular complexity index is 397. The molecule has 1 saturated heterocycles. The second-order valence-electron chi connectivity index (χ2n) is 3.77. The molecule has 0 radical (unpaired) electrons. The Balaban J connectivity index is 2.09. The molecule has 0 aromatic heterocycles. The summed E-state index contributed by atoms with van der Waals surface area (Å²) in [5.41, 5.74) is 7.06. The Hall–Kier alpha value is -1.10. The first-order chi connectivity index (χ1) is 7.72. The van der Waals surface area contributed by atoms with Crippen molar-refractivity contribution in [2.24, 2.45) is 0 Å². The van der Waals surface area contributed by atoms with Gasteiger partial charge in [0.15, 0.2) is 0 Å². The molecule has 2 atom stereocenters. The SMILES string of the molecule is CNC(=O)C1CC(c2ccccc2Cl)NN1. The summed E-state index contributed by atoms with van der Waals surface area (Å²) in [7, 11) is 1.63. The van der Waals surface area contributed by atoms with Gasteiger partial charge in [0.2, 0.25) is 5.91 Å². The summed E-state index contributed by atoms with van der Waals surface area (Å²) in [5.74, 6) is -0.0120. The normalized spacial score (nSPS) is 24.4. The molecule has 86 valence electrons. The zero-order chi connectivity index (χ0) is 11.5. The number of halogens is 1. The number of likely N-dealkylation sites (N-methyl/N-ethyl adjacent to an activating group) is 1. The van der Waals surface area contributed by atoms with E-state index in [0.717, 1.165) is 10.6 Å². The van der Waals surface area contributed by atoms with Crippen LogP contribution >= 0.6 is 11.6 Å². The number of nitrogens with one attached hydrogen (secondary N) is 3. The number of carbonyl (C=O) groups excluding carboxylic acids is 1. The molecule has 1 amide bonds. The minimum absolute atomic E-state index is 0.0120. The highest BCUT2D eigenvalue weighted by atomic mass is 35.5. The van der Waals surface area contributed by atoms with E-state index in [-0.39, 0.29) is 18.0 Å². The van der Waals surface area contributed by atoms with E-state index in [1.165, 1.54) is 0 Å². The maximum atomic E-state index is 11.4. The molecule has 0 saturated carbocycles. The number of hydrogen-bond acceptors (Lipinski definition) is 3. The quantitative estimate of drug-likeness (QED) is 0.722. The van der Waals surface area contributed by atoms with Gasteiger partial charge < -0.3 is 5.32 Å². The third-order valence-corrected chi connectivity index (χ3v) is 3.09. The van der Waals surface area contributed by atoms with Crippen LogP contribution in [0.25, 0.3) is 0 Å². The highest BCUT2D eigenvalue weighted by Gasteiger charge is 2.30. The Kier molecular flexibility index (Phi) is 3.43. The minimum atomic E-state index is -0.203. The lowest BCUT2D eigenvalue weighted by atomic mass is 10.0. The van der Waals surface area contributed by atoms with Gasteiger partial charge in [0, 0.05) is 18.1 Å². The van der Waals surface area contributed by atoms with Crippen molar-refractivity contribution in [1.82, 2.24) is 16.2 Å². The van der Waals surface area contributed by atoms with E-state index < -0.39 is 0 Å². The van der Waals surface area contributed by atoms with Crippen molar-refractivity contribution >= 4 is 17.5 Å². The van der Waals surface area contributed by atoms with Crippen LogP contribution in [-0.4, -0.2) is 19.0 Å². The van der Waals surface area contributed by atoms with Crippen LogP contribution < -0.4 is 16.2 Å². The van der Waals surface area contributed by atoms with Crippen LogP contribution in [0.3, 0.4) is 0 Å². The van der Waals surface area contributed by atoms with Gasteiger partial charge >= 0.3 is 0 Å². The van der Waals surface area contributed by atoms with Gasteiger partial charge in [-0.3, -0.25) is 4.79 Å². The Morgan fingerprint density at radius 3 is 2.88 bits per heavy atom. The third kappa shape index (κ3) is 2.19. The standard InChI is InChI=1S/C11H14ClN3O/c1-13-11(16)10-6-9(14-15-10)7-4-2-3-5-8(7)12/h2-5,9-10,14-15H,6H2,1H3,(H,13,16). The van der Waals surface area contributed by atoms with E-state index in [4.69, 9.17) is 11.6 Å². The van der Waals surface area contributed by atoms with E-state index in [2.05, 4.69) is 16.2 Å². The Morgan fingerprint density at radius 2 is 2.19 bits per heavy atom. The predicted octanol–water partition coefficient (Wildman–Crippen LogP) is 0.994. The lowest BCUT2D eigenvalue weighted by Crippen LogP contribution is -2.41. The molecule has 2 rings (SSSR count). The zero-order valence-electron chi connectivity index (χ0n) is 8.96. The number of amides is 1. The van der Waals surface area contributed by atoms with Gasteiger partial charge in [0.1, 0.15) is 6.04 Å². The first kappa shape index (κ1) is 11.4. The maximum absolute atomic E-state index is 11.4. The first-order valence-corrected chi connectivity index (χ1v) is 5.57. The molecule has 16 heavy (non-hydrogen) atoms. The summed E-state index contributed by atoms with van der Waals surface area (Å²) >= 11 is 6.10. The smallest absolute Gasteiger partial charge is 0.238 e. The molecular formula is C11H14ClN3O. The minimum Gasteiger partial charge on any atom is -0.358 e. The third-order valence-electron chi connectivity index (χ3n) is 2.75. The number of hydrazine groups is 1. The molecule has 0 spiro atoms. The van der Waals surface area contributed by atoms with Crippen molar-refractivity contribution in [3.05, 3.63) is 34.9 Å². The number of hydrogen-bond donors (Lipinski definition) is 3. The molecule has 1 aliphatic rings. The van der Waals surface area contributed by atoms with Crippen LogP contribution in [0.2, 0.25) is 5.02 Å². The molecule has 2 unspecified atom stereocenters. The molecule has 0 aliphatic carbocycles. The van der Waals surface area contributed by atoms with E-state index in [1.807, 2.05) is 24.3 Å². The van der Waals surface area contributed by atoms with Crippen LogP contribution in [0.15, 0.2) is 24.3 Å². The Labute approximate surface area is 99.3 Å². The van der Waals surface area contributed by atoms with Crippen molar-refractivity contribution in [2.45, 2.75) is 18.5 Å². The summed E-state index contributed by atoms with van der Waals surface area (Å²) in [6.45, 7) is 0. The van der Waals surface area contributed by atoms with E-state index >= 15 is 0 Å². The van der Waals surface area contributed by atoms with Gasteiger partial charge in [0.25, 0.3) is 0 Å². The second-order valence-corrected chi connectivity index (χ2v) is 4.17. The number of carbonyl (C=O) groups is 1. The summed E-state index contributed by atoms with van der Waals surface area (Å²) in [5, 5.41) is 3.34. The van der Waals surface area contributed by atoms with Crippen molar-refractivity contribution in [3.63, 3.8) is 0 Å². The van der Waals surface area contributed by atoms with E-state index in [1.54, 1.807) is 7.05 Å². The van der Waals surface area contributed by atoms with Gasteiger partial charge in [-0.1, -0.05) is 29.8 Å². The van der Waals surface area contributed by atoms with Crippen molar-refractivity contribution in [2.75, 3.05) is 7.05 Å². The number of rotatable bonds is 2. The topological polar surface area (TPSA) is 53.2 Å². The average Bonchev–Trinajstić information content (AvgIpc) is 2.78. The average molecular weight is 240 g/mol. The molecular weight excluding hydrogens is 226 g/mol. The van der Waals surface area contributed by atoms with Gasteiger partial charge in [-0.15, -0.1) is 0 Å². The summed E-state index contributed by atoms with van der Waals surface area (Å²) in [6, 6.07) is 7.53. The van der Waals surface area contributed by atoms with Gasteiger partial charge in [-0.05, 0) is 18.1 Å². The molecule has 5 heteroatoms. The molecule has 3 N–H and O–H groups in total. The lowest BCUT2D eigenvalue weighted by molar-refractivity contribution is -0.122. The molecule has 0 bridgehead atoms. The summed E-state index contributed by atoms with van der Waals surface area (Å²) < 4.78 is 0. The van der Waals surface area contributed by atoms with Gasteiger partial charge in [0.05, 0.1) is 0 Å². The highest BCUT2D eigenvalue weighted by molar-refractivity contribution is 6.31. The summed E-state index contributed by atoms with van der Waals surface area (Å²) in [6.07, 6.45) is 0.698. The first-order valence-electron chi connectivity index (χ1n) is 5.19. The van der Waals surface area contributed by atoms with Crippen LogP contribution in [0.4, 0.5) is 0 Å². The largest absolute Gasteiger partial charge is 0.358 e. The Morgan fingerprint density at radius 1 is 1.44 bits per heavy atom. The fourth-order valence-electron chi connectivity index (χ4n) is 1.86. The van der Waals surface area contributed by atoms with Gasteiger partial charge in [-0.2, -0.15) is 0 Å². The lowest BCUT2D eigenvalue weighted by Gasteiger charge is -2.11. The van der Waals surface area contributed by atoms with Crippen molar-refractivity contribution in [1.29, 1.82) is 0 Å². The fourth-order valence-corrected chi connectivity index (χ4v) is 2.13. The van der Waals surface area contributed by atoms with Gasteiger partial charge in [-0.25, -0.2) is 10.9 Å². The van der Waals surface area contributed by atoms with Crippen molar-refractivity contribution in [3.8, 4) is 0 Å². The molecule has 1 aromatic rings. The summed E-state index contributed by atoms with van der Waals surface area (Å²) in [4.78, 5) is 11.4. The van der Waals surface area contributed by atoms with E-state index in [9.17, 15) is 4.79 Å². The van der Waals surface area contributed by atoms with Crippen LogP contribution in [0.5, 0.6) is 0 Å². The predicted molar refractivity (Wildman–Crippen MR) is 62.9 cm³/mol. The molecule has 1 aliphatic heterocycles. The molecule has 1 fully saturated rings. The molecule has 1 heterocycles. The fraction of sp³-hybridized carbons (Fsp3) is 0.364. The number of benzene rings is 1. The highest BCUT2D eigenvalue weighted by Crippen LogP contribution is 2.28. The van der Waals surface area contributed by atoms with Crippen LogP contribution in [0, 0.1) is 0 Å². The zero-order valence-corrected chi connectivity index (χ0v) is 9.71. The second kappa shape index (κ2) is 4.82. The van der Waals surface area contributed by atoms with Crippen molar-refractivity contribution < 1.29 is 4.79 Å². The monoisotopic (exact) mass is 239 g/mol. The van der Waals surface area contributed by atoms with Crippen LogP contribution in [-0.2, 0) is 4.79 Å². The molecule has 4 nitrogen and oxygen atoms in total. The van der Waals surface area contributed by atoms with Crippen LogP contribution in [0.1, 0.15) is 18.0 Å². The molecule has 1 aromatic carbocycles.